The highest BCUT2D eigenvalue weighted by Crippen LogP contribution is 2.17. The summed E-state index contributed by atoms with van der Waals surface area (Å²) in [7, 11) is 0. The summed E-state index contributed by atoms with van der Waals surface area (Å²) in [5, 5.41) is 4.44. The third kappa shape index (κ3) is 2.42. The summed E-state index contributed by atoms with van der Waals surface area (Å²) in [5.74, 6) is -1.59. The zero-order chi connectivity index (χ0) is 10.6. The van der Waals surface area contributed by atoms with Crippen LogP contribution in [0.3, 0.4) is 0 Å². The molecule has 0 spiro atoms. The van der Waals surface area contributed by atoms with Gasteiger partial charge < -0.3 is 10.6 Å². The predicted octanol–water partition coefficient (Wildman–Crippen LogP) is 2.11. The lowest BCUT2D eigenvalue weighted by Gasteiger charge is -2.07. The Balaban J connectivity index is 2.80. The highest BCUT2D eigenvalue weighted by atomic mass is 19.1. The maximum atomic E-state index is 13.0. The van der Waals surface area contributed by atoms with Gasteiger partial charge in [0.15, 0.2) is 0 Å². The molecule has 0 fully saturated rings. The van der Waals surface area contributed by atoms with Crippen molar-refractivity contribution in [3.63, 3.8) is 0 Å². The smallest absolute Gasteiger partial charge is 0.319 e. The number of rotatable bonds is 2. The van der Waals surface area contributed by atoms with Crippen LogP contribution in [0.1, 0.15) is 6.92 Å². The second-order valence-electron chi connectivity index (χ2n) is 2.58. The van der Waals surface area contributed by atoms with Gasteiger partial charge in [0, 0.05) is 6.54 Å². The van der Waals surface area contributed by atoms with Gasteiger partial charge in [-0.3, -0.25) is 0 Å². The SMILES string of the molecule is CCNC(=O)Nc1c(F)cccc1F. The molecule has 0 unspecified atom stereocenters. The van der Waals surface area contributed by atoms with Crippen molar-refractivity contribution < 1.29 is 13.6 Å². The minimum absolute atomic E-state index is 0.391. The molecule has 3 nitrogen and oxygen atoms in total. The van der Waals surface area contributed by atoms with E-state index in [9.17, 15) is 13.6 Å². The topological polar surface area (TPSA) is 41.1 Å². The van der Waals surface area contributed by atoms with Crippen LogP contribution in [0.5, 0.6) is 0 Å². The number of hydrogen-bond acceptors (Lipinski definition) is 1. The van der Waals surface area contributed by atoms with E-state index in [1.165, 1.54) is 6.07 Å². The molecule has 5 heteroatoms. The van der Waals surface area contributed by atoms with Crippen molar-refractivity contribution in [1.82, 2.24) is 5.32 Å². The van der Waals surface area contributed by atoms with Crippen molar-refractivity contribution >= 4 is 11.7 Å². The molecule has 1 aromatic rings. The Morgan fingerprint density at radius 2 is 1.93 bits per heavy atom. The van der Waals surface area contributed by atoms with E-state index in [1.807, 2.05) is 0 Å². The van der Waals surface area contributed by atoms with Gasteiger partial charge >= 0.3 is 6.03 Å². The number of anilines is 1. The third-order valence-corrected chi connectivity index (χ3v) is 1.54. The van der Waals surface area contributed by atoms with E-state index < -0.39 is 23.4 Å². The predicted molar refractivity (Wildman–Crippen MR) is 49.1 cm³/mol. The lowest BCUT2D eigenvalue weighted by atomic mass is 10.3. The molecular weight excluding hydrogens is 190 g/mol. The van der Waals surface area contributed by atoms with Gasteiger partial charge in [-0.05, 0) is 19.1 Å². The van der Waals surface area contributed by atoms with Crippen molar-refractivity contribution in [3.8, 4) is 0 Å². The zero-order valence-corrected chi connectivity index (χ0v) is 7.60. The number of hydrogen-bond donors (Lipinski definition) is 2. The summed E-state index contributed by atoms with van der Waals surface area (Å²) in [6, 6.07) is 2.75. The maximum absolute atomic E-state index is 13.0. The zero-order valence-electron chi connectivity index (χ0n) is 7.60. The van der Waals surface area contributed by atoms with Crippen molar-refractivity contribution in [3.05, 3.63) is 29.8 Å². The first-order valence-corrected chi connectivity index (χ1v) is 4.14. The van der Waals surface area contributed by atoms with Crippen LogP contribution < -0.4 is 10.6 Å². The molecule has 1 rings (SSSR count). The number of amides is 2. The first-order valence-electron chi connectivity index (χ1n) is 4.14. The van der Waals surface area contributed by atoms with Crippen LogP contribution in [-0.2, 0) is 0 Å². The van der Waals surface area contributed by atoms with Crippen molar-refractivity contribution in [2.75, 3.05) is 11.9 Å². The molecule has 0 bridgehead atoms. The molecule has 0 saturated carbocycles. The fourth-order valence-electron chi connectivity index (χ4n) is 0.936. The van der Waals surface area contributed by atoms with E-state index in [4.69, 9.17) is 0 Å². The van der Waals surface area contributed by atoms with Gasteiger partial charge in [0.25, 0.3) is 0 Å². The van der Waals surface area contributed by atoms with Gasteiger partial charge in [0.2, 0.25) is 0 Å². The fourth-order valence-corrected chi connectivity index (χ4v) is 0.936. The fraction of sp³-hybridized carbons (Fsp3) is 0.222. The van der Waals surface area contributed by atoms with Gasteiger partial charge in [-0.15, -0.1) is 0 Å². The molecule has 1 aromatic carbocycles. The first-order chi connectivity index (χ1) is 6.65. The average Bonchev–Trinajstić information content (AvgIpc) is 2.12. The van der Waals surface area contributed by atoms with Gasteiger partial charge in [-0.1, -0.05) is 6.07 Å². The van der Waals surface area contributed by atoms with Gasteiger partial charge in [-0.25, -0.2) is 13.6 Å². The molecular formula is C9H10F2N2O. The Hall–Kier alpha value is -1.65. The van der Waals surface area contributed by atoms with Crippen LogP contribution in [0.15, 0.2) is 18.2 Å². The van der Waals surface area contributed by atoms with E-state index in [-0.39, 0.29) is 0 Å². The van der Waals surface area contributed by atoms with Gasteiger partial charge in [0.05, 0.1) is 0 Å². The summed E-state index contributed by atoms with van der Waals surface area (Å²) in [5.41, 5.74) is -0.432. The van der Waals surface area contributed by atoms with E-state index in [2.05, 4.69) is 10.6 Å². The lowest BCUT2D eigenvalue weighted by molar-refractivity contribution is 0.252. The molecule has 0 aromatic heterocycles. The second-order valence-corrected chi connectivity index (χ2v) is 2.58. The molecule has 2 N–H and O–H groups in total. The molecule has 14 heavy (non-hydrogen) atoms. The third-order valence-electron chi connectivity index (χ3n) is 1.54. The van der Waals surface area contributed by atoms with Gasteiger partial charge in [-0.2, -0.15) is 0 Å². The Kier molecular flexibility index (Phi) is 3.39. The van der Waals surface area contributed by atoms with Crippen molar-refractivity contribution in [1.29, 1.82) is 0 Å². The van der Waals surface area contributed by atoms with E-state index in [0.29, 0.717) is 6.54 Å². The maximum Gasteiger partial charge on any atom is 0.319 e. The molecule has 0 heterocycles. The van der Waals surface area contributed by atoms with Crippen LogP contribution in [0.4, 0.5) is 19.3 Å². The summed E-state index contributed by atoms with van der Waals surface area (Å²) in [4.78, 5) is 11.0. The number of carbonyl (C=O) groups excluding carboxylic acids is 1. The quantitative estimate of drug-likeness (QED) is 0.754. The normalized spacial score (nSPS) is 9.64. The summed E-state index contributed by atoms with van der Waals surface area (Å²) < 4.78 is 25.9. The Morgan fingerprint density at radius 3 is 2.43 bits per heavy atom. The molecule has 0 aliphatic rings. The lowest BCUT2D eigenvalue weighted by Crippen LogP contribution is -2.29. The van der Waals surface area contributed by atoms with E-state index in [0.717, 1.165) is 12.1 Å². The molecule has 0 aliphatic carbocycles. The Morgan fingerprint density at radius 1 is 1.36 bits per heavy atom. The standard InChI is InChI=1S/C9H10F2N2O/c1-2-12-9(14)13-8-6(10)4-3-5-7(8)11/h3-5H,2H2,1H3,(H2,12,13,14). The summed E-state index contributed by atoms with van der Waals surface area (Å²) >= 11 is 0. The van der Waals surface area contributed by atoms with Crippen LogP contribution >= 0.6 is 0 Å². The molecule has 0 aliphatic heterocycles. The monoisotopic (exact) mass is 200 g/mol. The van der Waals surface area contributed by atoms with Gasteiger partial charge in [0.1, 0.15) is 17.3 Å². The Bertz CT molecular complexity index is 321. The number of nitrogens with one attached hydrogen (secondary N) is 2. The van der Waals surface area contributed by atoms with Crippen LogP contribution in [0.25, 0.3) is 0 Å². The number of halogens is 2. The van der Waals surface area contributed by atoms with Crippen molar-refractivity contribution in [2.45, 2.75) is 6.92 Å². The number of urea groups is 1. The minimum Gasteiger partial charge on any atom is -0.338 e. The number of para-hydroxylation sites is 1. The highest BCUT2D eigenvalue weighted by molar-refractivity contribution is 5.89. The Labute approximate surface area is 80.1 Å². The number of carbonyl (C=O) groups is 1. The van der Waals surface area contributed by atoms with Crippen molar-refractivity contribution in [2.24, 2.45) is 0 Å². The number of benzene rings is 1. The first kappa shape index (κ1) is 10.4. The molecule has 76 valence electrons. The minimum atomic E-state index is -0.795. The van der Waals surface area contributed by atoms with Crippen LogP contribution in [0, 0.1) is 11.6 Å². The van der Waals surface area contributed by atoms with Crippen LogP contribution in [0.2, 0.25) is 0 Å². The molecule has 0 radical (unpaired) electrons. The highest BCUT2D eigenvalue weighted by Gasteiger charge is 2.10. The largest absolute Gasteiger partial charge is 0.338 e. The average molecular weight is 200 g/mol. The summed E-state index contributed by atoms with van der Waals surface area (Å²) in [6.45, 7) is 2.10. The second kappa shape index (κ2) is 4.55. The van der Waals surface area contributed by atoms with E-state index >= 15 is 0 Å². The van der Waals surface area contributed by atoms with E-state index in [1.54, 1.807) is 6.92 Å². The summed E-state index contributed by atoms with van der Waals surface area (Å²) in [6.07, 6.45) is 0. The molecule has 0 saturated heterocycles. The molecule has 2 amide bonds. The molecule has 0 atom stereocenters. The van der Waals surface area contributed by atoms with Crippen LogP contribution in [-0.4, -0.2) is 12.6 Å².